The molecule has 0 spiro atoms. The first-order chi connectivity index (χ1) is 9.10. The highest BCUT2D eigenvalue weighted by molar-refractivity contribution is 6.33. The molecule has 0 atom stereocenters. The Morgan fingerprint density at radius 3 is 2.58 bits per heavy atom. The number of hydrazone groups is 1. The maximum Gasteiger partial charge on any atom is 0.260 e. The first-order valence-electron chi connectivity index (χ1n) is 5.86. The van der Waals surface area contributed by atoms with Crippen LogP contribution in [0.5, 0.6) is 0 Å². The van der Waals surface area contributed by atoms with Gasteiger partial charge in [0.05, 0.1) is 11.8 Å². The molecule has 0 aromatic heterocycles. The smallest absolute Gasteiger partial charge is 0.260 e. The molecule has 0 radical (unpaired) electrons. The van der Waals surface area contributed by atoms with E-state index < -0.39 is 11.7 Å². The number of benzene rings is 1. The minimum atomic E-state index is -0.607. The Morgan fingerprint density at radius 1 is 1.47 bits per heavy atom. The number of nitrogens with two attached hydrogens (primary N) is 1. The van der Waals surface area contributed by atoms with E-state index in [2.05, 4.69) is 15.4 Å². The second-order valence-electron chi connectivity index (χ2n) is 3.29. The molecule has 0 heterocycles. The quantitative estimate of drug-likeness (QED) is 0.373. The molecule has 0 saturated heterocycles. The normalized spacial score (nSPS) is 10.9. The zero-order valence-electron chi connectivity index (χ0n) is 11.6. The number of hydrogen-bond acceptors (Lipinski definition) is 4. The summed E-state index contributed by atoms with van der Waals surface area (Å²) < 4.78 is 13.5. The van der Waals surface area contributed by atoms with Crippen molar-refractivity contribution in [2.24, 2.45) is 15.9 Å². The van der Waals surface area contributed by atoms with Crippen molar-refractivity contribution < 1.29 is 10.6 Å². The third-order valence-electron chi connectivity index (χ3n) is 2.08. The summed E-state index contributed by atoms with van der Waals surface area (Å²) in [5.41, 5.74) is 0.505. The van der Waals surface area contributed by atoms with Crippen LogP contribution >= 0.6 is 0 Å². The maximum atomic E-state index is 13.5. The zero-order chi connectivity index (χ0) is 14.8. The van der Waals surface area contributed by atoms with Crippen LogP contribution in [0.3, 0.4) is 0 Å². The standard InChI is InChI=1S/C11H13FN4O.C2H6.H2/c1-7-4-3-5-8(12)10(7)11(17)15-9(16-13)6-14-2;1-2;/h3-6H,13H2,1-2H3,(H,15,16,17);1-2H3;1H. The first kappa shape index (κ1) is 16.8. The monoisotopic (exact) mass is 268 g/mol. The Bertz CT molecular complexity index is 469. The SMILES string of the molecule is CC.CN=C/C(=N\N)NC(=O)c1c(C)cccc1F.[HH]. The molecule has 5 nitrogen and oxygen atoms in total. The molecular weight excluding hydrogens is 247 g/mol. The second-order valence-corrected chi connectivity index (χ2v) is 3.29. The van der Waals surface area contributed by atoms with Gasteiger partial charge in [0.2, 0.25) is 0 Å². The fourth-order valence-electron chi connectivity index (χ4n) is 1.32. The van der Waals surface area contributed by atoms with E-state index in [0.717, 1.165) is 0 Å². The molecule has 1 aromatic carbocycles. The molecule has 0 saturated carbocycles. The minimum absolute atomic E-state index is 0. The number of amides is 1. The summed E-state index contributed by atoms with van der Waals surface area (Å²) in [5, 5.41) is 5.68. The van der Waals surface area contributed by atoms with Crippen molar-refractivity contribution in [3.8, 4) is 0 Å². The number of carbonyl (C=O) groups is 1. The number of aryl methyl sites for hydroxylation is 1. The fourth-order valence-corrected chi connectivity index (χ4v) is 1.32. The number of hydrogen-bond donors (Lipinski definition) is 2. The molecule has 1 rings (SSSR count). The lowest BCUT2D eigenvalue weighted by molar-refractivity contribution is 0.0973. The van der Waals surface area contributed by atoms with Gasteiger partial charge >= 0.3 is 0 Å². The second kappa shape index (κ2) is 8.79. The zero-order valence-corrected chi connectivity index (χ0v) is 11.6. The van der Waals surface area contributed by atoms with E-state index in [9.17, 15) is 9.18 Å². The molecule has 1 amide bonds. The Morgan fingerprint density at radius 2 is 2.11 bits per heavy atom. The van der Waals surface area contributed by atoms with Gasteiger partial charge in [-0.25, -0.2) is 4.39 Å². The molecule has 0 unspecified atom stereocenters. The van der Waals surface area contributed by atoms with Crippen LogP contribution in [0.25, 0.3) is 0 Å². The van der Waals surface area contributed by atoms with Crippen LogP contribution in [0.15, 0.2) is 28.3 Å². The number of aliphatic imine (C=N–C) groups is 1. The summed E-state index contributed by atoms with van der Waals surface area (Å²) >= 11 is 0. The van der Waals surface area contributed by atoms with E-state index in [1.54, 1.807) is 13.0 Å². The van der Waals surface area contributed by atoms with Gasteiger partial charge in [0.15, 0.2) is 5.84 Å². The predicted octanol–water partition coefficient (Wildman–Crippen LogP) is 2.11. The molecule has 0 aliphatic rings. The van der Waals surface area contributed by atoms with Crippen molar-refractivity contribution in [3.05, 3.63) is 35.1 Å². The topological polar surface area (TPSA) is 79.8 Å². The van der Waals surface area contributed by atoms with Gasteiger partial charge < -0.3 is 11.2 Å². The van der Waals surface area contributed by atoms with Crippen molar-refractivity contribution in [1.82, 2.24) is 5.32 Å². The molecule has 0 aliphatic heterocycles. The summed E-state index contributed by atoms with van der Waals surface area (Å²) in [6.45, 7) is 5.64. The van der Waals surface area contributed by atoms with Gasteiger partial charge in [0.1, 0.15) is 5.82 Å². The van der Waals surface area contributed by atoms with Gasteiger partial charge in [0.25, 0.3) is 5.91 Å². The molecule has 6 heteroatoms. The molecule has 0 bridgehead atoms. The average Bonchev–Trinajstić information content (AvgIpc) is 2.40. The molecule has 0 fully saturated rings. The van der Waals surface area contributed by atoms with Gasteiger partial charge in [-0.3, -0.25) is 9.79 Å². The minimum Gasteiger partial charge on any atom is -0.321 e. The highest BCUT2D eigenvalue weighted by Crippen LogP contribution is 2.12. The van der Waals surface area contributed by atoms with Crippen LogP contribution in [0, 0.1) is 12.7 Å². The number of rotatable bonds is 2. The molecule has 106 valence electrons. The highest BCUT2D eigenvalue weighted by atomic mass is 19.1. The van der Waals surface area contributed by atoms with Gasteiger partial charge in [-0.2, -0.15) is 5.10 Å². The lowest BCUT2D eigenvalue weighted by atomic mass is 10.1. The van der Waals surface area contributed by atoms with E-state index in [-0.39, 0.29) is 12.8 Å². The van der Waals surface area contributed by atoms with E-state index in [0.29, 0.717) is 5.56 Å². The highest BCUT2D eigenvalue weighted by Gasteiger charge is 2.15. The lowest BCUT2D eigenvalue weighted by Gasteiger charge is -2.07. The Hall–Kier alpha value is -2.24. The van der Waals surface area contributed by atoms with Gasteiger partial charge in [-0.1, -0.05) is 26.0 Å². The van der Waals surface area contributed by atoms with E-state index >= 15 is 0 Å². The van der Waals surface area contributed by atoms with Crippen LogP contribution in [0.2, 0.25) is 0 Å². The van der Waals surface area contributed by atoms with E-state index in [1.165, 1.54) is 25.4 Å². The third-order valence-corrected chi connectivity index (χ3v) is 2.08. The van der Waals surface area contributed by atoms with Crippen LogP contribution < -0.4 is 11.2 Å². The average molecular weight is 268 g/mol. The van der Waals surface area contributed by atoms with Crippen LogP contribution in [-0.2, 0) is 0 Å². The van der Waals surface area contributed by atoms with Crippen molar-refractivity contribution in [2.45, 2.75) is 20.8 Å². The van der Waals surface area contributed by atoms with Crippen molar-refractivity contribution in [1.29, 1.82) is 0 Å². The molecule has 1 aromatic rings. The van der Waals surface area contributed by atoms with Gasteiger partial charge in [-0.15, -0.1) is 0 Å². The summed E-state index contributed by atoms with van der Waals surface area (Å²) in [4.78, 5) is 15.4. The van der Waals surface area contributed by atoms with Crippen LogP contribution in [0.1, 0.15) is 31.2 Å². The molecular formula is C13H21FN4O. The first-order valence-corrected chi connectivity index (χ1v) is 5.86. The maximum absolute atomic E-state index is 13.5. The summed E-state index contributed by atoms with van der Waals surface area (Å²) in [5.74, 6) is 3.92. The van der Waals surface area contributed by atoms with Crippen molar-refractivity contribution in [2.75, 3.05) is 7.05 Å². The summed E-state index contributed by atoms with van der Waals surface area (Å²) in [6, 6.07) is 4.40. The molecule has 3 N–H and O–H groups in total. The third kappa shape index (κ3) is 4.87. The molecule has 19 heavy (non-hydrogen) atoms. The predicted molar refractivity (Wildman–Crippen MR) is 78.1 cm³/mol. The van der Waals surface area contributed by atoms with Gasteiger partial charge in [0, 0.05) is 8.47 Å². The Labute approximate surface area is 113 Å². The van der Waals surface area contributed by atoms with E-state index in [1.807, 2.05) is 13.8 Å². The van der Waals surface area contributed by atoms with E-state index in [4.69, 9.17) is 5.84 Å². The van der Waals surface area contributed by atoms with Crippen molar-refractivity contribution >= 4 is 18.0 Å². The lowest BCUT2D eigenvalue weighted by Crippen LogP contribution is -2.33. The number of halogens is 1. The van der Waals surface area contributed by atoms with Gasteiger partial charge in [-0.05, 0) is 18.6 Å². The Balaban J connectivity index is 0. The number of nitrogens with one attached hydrogen (secondary N) is 1. The number of amidine groups is 1. The van der Waals surface area contributed by atoms with Crippen LogP contribution in [0.4, 0.5) is 4.39 Å². The van der Waals surface area contributed by atoms with Crippen LogP contribution in [-0.4, -0.2) is 25.0 Å². The summed E-state index contributed by atoms with van der Waals surface area (Å²) in [6.07, 6.45) is 1.27. The Kier molecular flexibility index (Phi) is 7.76. The molecule has 0 aliphatic carbocycles. The van der Waals surface area contributed by atoms with Crippen molar-refractivity contribution in [3.63, 3.8) is 0 Å². The number of carbonyl (C=O) groups excluding carboxylic acids is 1. The number of nitrogens with zero attached hydrogens (tertiary/aromatic N) is 2. The largest absolute Gasteiger partial charge is 0.321 e. The summed E-state index contributed by atoms with van der Waals surface area (Å²) in [7, 11) is 1.51. The fraction of sp³-hybridized carbons (Fsp3) is 0.308.